The Labute approximate surface area is 124 Å². The second kappa shape index (κ2) is 6.90. The molecule has 1 atom stereocenters. The first-order chi connectivity index (χ1) is 9.56. The highest BCUT2D eigenvalue weighted by Gasteiger charge is 2.31. The number of thioether (sulfide) groups is 1. The van der Waals surface area contributed by atoms with Gasteiger partial charge in [-0.05, 0) is 32.1 Å². The van der Waals surface area contributed by atoms with Crippen molar-refractivity contribution in [3.05, 3.63) is 35.4 Å². The molecule has 1 unspecified atom stereocenters. The molecule has 1 aromatic rings. The van der Waals surface area contributed by atoms with Crippen molar-refractivity contribution in [2.24, 2.45) is 0 Å². The molecule has 1 nitrogen and oxygen atoms in total. The lowest BCUT2D eigenvalue weighted by Crippen LogP contribution is -2.40. The van der Waals surface area contributed by atoms with Crippen molar-refractivity contribution >= 4 is 11.8 Å². The van der Waals surface area contributed by atoms with Gasteiger partial charge in [0.25, 0.3) is 0 Å². The van der Waals surface area contributed by atoms with Crippen molar-refractivity contribution in [3.63, 3.8) is 0 Å². The average molecular weight is 299 g/mol. The molecule has 0 aliphatic heterocycles. The van der Waals surface area contributed by atoms with Gasteiger partial charge in [0, 0.05) is 29.0 Å². The van der Waals surface area contributed by atoms with Gasteiger partial charge >= 0.3 is 0 Å². The van der Waals surface area contributed by atoms with Gasteiger partial charge in [-0.2, -0.15) is 11.8 Å². The predicted octanol–water partition coefficient (Wildman–Crippen LogP) is 4.68. The summed E-state index contributed by atoms with van der Waals surface area (Å²) in [5.41, 5.74) is 0.540. The van der Waals surface area contributed by atoms with Gasteiger partial charge < -0.3 is 5.32 Å². The van der Waals surface area contributed by atoms with Crippen molar-refractivity contribution in [1.82, 2.24) is 5.32 Å². The second-order valence-electron chi connectivity index (χ2n) is 5.72. The van der Waals surface area contributed by atoms with Crippen LogP contribution >= 0.6 is 11.8 Å². The molecule has 112 valence electrons. The maximum atomic E-state index is 13.8. The molecule has 0 radical (unpaired) electrons. The van der Waals surface area contributed by atoms with Crippen molar-refractivity contribution in [3.8, 4) is 0 Å². The predicted molar refractivity (Wildman–Crippen MR) is 82.1 cm³/mol. The van der Waals surface area contributed by atoms with E-state index in [1.54, 1.807) is 0 Å². The first-order valence-corrected chi connectivity index (χ1v) is 8.52. The number of rotatable bonds is 5. The minimum absolute atomic E-state index is 0.0958. The van der Waals surface area contributed by atoms with Crippen molar-refractivity contribution < 1.29 is 8.78 Å². The summed E-state index contributed by atoms with van der Waals surface area (Å²) in [5.74, 6) is -0.988. The first kappa shape index (κ1) is 15.8. The summed E-state index contributed by atoms with van der Waals surface area (Å²) in [7, 11) is 0. The largest absolute Gasteiger partial charge is 0.309 e. The van der Waals surface area contributed by atoms with Crippen LogP contribution in [0.1, 0.15) is 50.6 Å². The maximum absolute atomic E-state index is 13.8. The fourth-order valence-corrected chi connectivity index (χ4v) is 3.88. The highest BCUT2D eigenvalue weighted by molar-refractivity contribution is 8.00. The monoisotopic (exact) mass is 299 g/mol. The number of halogens is 2. The van der Waals surface area contributed by atoms with E-state index in [4.69, 9.17) is 0 Å². The Morgan fingerprint density at radius 1 is 1.25 bits per heavy atom. The SMILES string of the molecule is CSC1(CNC(C)c2ccc(F)cc2F)CCCCC1. The molecule has 4 heteroatoms. The summed E-state index contributed by atoms with van der Waals surface area (Å²) < 4.78 is 27.0. The van der Waals surface area contributed by atoms with E-state index >= 15 is 0 Å². The zero-order chi connectivity index (χ0) is 14.6. The summed E-state index contributed by atoms with van der Waals surface area (Å²) in [4.78, 5) is 0. The number of benzene rings is 1. The molecule has 1 saturated carbocycles. The molecule has 1 fully saturated rings. The molecule has 20 heavy (non-hydrogen) atoms. The molecule has 1 aliphatic rings. The zero-order valence-corrected chi connectivity index (χ0v) is 13.0. The van der Waals surface area contributed by atoms with Gasteiger partial charge in [0.2, 0.25) is 0 Å². The number of hydrogen-bond donors (Lipinski definition) is 1. The van der Waals surface area contributed by atoms with E-state index in [1.807, 2.05) is 18.7 Å². The average Bonchev–Trinajstić information content (AvgIpc) is 2.46. The Bertz CT molecular complexity index is 444. The normalized spacial score (nSPS) is 19.8. The molecular formula is C16H23F2NS. The highest BCUT2D eigenvalue weighted by Crippen LogP contribution is 2.38. The van der Waals surface area contributed by atoms with Crippen molar-refractivity contribution in [1.29, 1.82) is 0 Å². The Hall–Kier alpha value is -0.610. The molecule has 2 rings (SSSR count). The minimum Gasteiger partial charge on any atom is -0.309 e. The zero-order valence-electron chi connectivity index (χ0n) is 12.2. The number of hydrogen-bond acceptors (Lipinski definition) is 2. The van der Waals surface area contributed by atoms with Gasteiger partial charge in [-0.3, -0.25) is 0 Å². The van der Waals surface area contributed by atoms with Gasteiger partial charge in [-0.1, -0.05) is 25.3 Å². The van der Waals surface area contributed by atoms with Gasteiger partial charge in [0.1, 0.15) is 11.6 Å². The minimum atomic E-state index is -0.522. The molecule has 1 aromatic carbocycles. The standard InChI is InChI=1S/C16H23F2NS/c1-12(14-7-6-13(17)10-15(14)18)19-11-16(20-2)8-4-3-5-9-16/h6-7,10,12,19H,3-5,8-9,11H2,1-2H3. The molecule has 0 spiro atoms. The fraction of sp³-hybridized carbons (Fsp3) is 0.625. The van der Waals surface area contributed by atoms with Gasteiger partial charge in [0.15, 0.2) is 0 Å². The van der Waals surface area contributed by atoms with Crippen LogP contribution in [0.5, 0.6) is 0 Å². The molecule has 0 amide bonds. The Balaban J connectivity index is 1.98. The van der Waals surface area contributed by atoms with Crippen LogP contribution in [-0.2, 0) is 0 Å². The summed E-state index contributed by atoms with van der Waals surface area (Å²) in [6.45, 7) is 2.82. The lowest BCUT2D eigenvalue weighted by atomic mass is 9.88. The van der Waals surface area contributed by atoms with Gasteiger partial charge in [0.05, 0.1) is 0 Å². The van der Waals surface area contributed by atoms with Crippen LogP contribution in [-0.4, -0.2) is 17.5 Å². The van der Waals surface area contributed by atoms with Crippen LogP contribution in [0.25, 0.3) is 0 Å². The number of nitrogens with one attached hydrogen (secondary N) is 1. The summed E-state index contributed by atoms with van der Waals surface area (Å²) >= 11 is 1.92. The van der Waals surface area contributed by atoms with Crippen LogP contribution < -0.4 is 5.32 Å². The summed E-state index contributed by atoms with van der Waals surface area (Å²) in [6.07, 6.45) is 8.49. The molecule has 1 aliphatic carbocycles. The fourth-order valence-electron chi connectivity index (χ4n) is 2.95. The highest BCUT2D eigenvalue weighted by atomic mass is 32.2. The Morgan fingerprint density at radius 2 is 1.95 bits per heavy atom. The second-order valence-corrected chi connectivity index (χ2v) is 6.99. The Morgan fingerprint density at radius 3 is 2.55 bits per heavy atom. The lowest BCUT2D eigenvalue weighted by Gasteiger charge is -2.37. The van der Waals surface area contributed by atoms with E-state index < -0.39 is 11.6 Å². The van der Waals surface area contributed by atoms with E-state index in [-0.39, 0.29) is 10.8 Å². The smallest absolute Gasteiger partial charge is 0.130 e. The first-order valence-electron chi connectivity index (χ1n) is 7.30. The Kier molecular flexibility index (Phi) is 5.44. The van der Waals surface area contributed by atoms with Crippen LogP contribution in [0.4, 0.5) is 8.78 Å². The van der Waals surface area contributed by atoms with E-state index in [1.165, 1.54) is 44.2 Å². The molecule has 0 bridgehead atoms. The lowest BCUT2D eigenvalue weighted by molar-refractivity contribution is 0.365. The topological polar surface area (TPSA) is 12.0 Å². The van der Waals surface area contributed by atoms with Gasteiger partial charge in [-0.25, -0.2) is 8.78 Å². The van der Waals surface area contributed by atoms with Gasteiger partial charge in [-0.15, -0.1) is 0 Å². The van der Waals surface area contributed by atoms with Crippen molar-refractivity contribution in [2.75, 3.05) is 12.8 Å². The molecular weight excluding hydrogens is 276 g/mol. The van der Waals surface area contributed by atoms with Crippen LogP contribution in [0.15, 0.2) is 18.2 Å². The third kappa shape index (κ3) is 3.73. The molecule has 0 heterocycles. The van der Waals surface area contributed by atoms with E-state index in [0.717, 1.165) is 12.6 Å². The molecule has 0 aromatic heterocycles. The third-order valence-electron chi connectivity index (χ3n) is 4.36. The van der Waals surface area contributed by atoms with Crippen LogP contribution in [0.2, 0.25) is 0 Å². The van der Waals surface area contributed by atoms with Crippen molar-refractivity contribution in [2.45, 2.75) is 49.8 Å². The molecule has 0 saturated heterocycles. The van der Waals surface area contributed by atoms with E-state index in [2.05, 4.69) is 11.6 Å². The van der Waals surface area contributed by atoms with E-state index in [0.29, 0.717) is 5.56 Å². The third-order valence-corrected chi connectivity index (χ3v) is 5.78. The summed E-state index contributed by atoms with van der Waals surface area (Å²) in [5, 5.41) is 3.44. The maximum Gasteiger partial charge on any atom is 0.130 e. The molecule has 1 N–H and O–H groups in total. The summed E-state index contributed by atoms with van der Waals surface area (Å²) in [6, 6.07) is 3.72. The van der Waals surface area contributed by atoms with Crippen LogP contribution in [0, 0.1) is 11.6 Å². The van der Waals surface area contributed by atoms with Crippen LogP contribution in [0.3, 0.4) is 0 Å². The quantitative estimate of drug-likeness (QED) is 0.847. The van der Waals surface area contributed by atoms with E-state index in [9.17, 15) is 8.78 Å².